The topological polar surface area (TPSA) is 56.8 Å². The zero-order valence-electron chi connectivity index (χ0n) is 15.2. The second kappa shape index (κ2) is 8.61. The van der Waals surface area contributed by atoms with Crippen LogP contribution in [0.15, 0.2) is 48.5 Å². The number of rotatable bonds is 6. The second-order valence-corrected chi connectivity index (χ2v) is 6.65. The number of fused-ring (bicyclic) bond motifs is 1. The lowest BCUT2D eigenvalue weighted by molar-refractivity contribution is -0.124. The van der Waals surface area contributed by atoms with Crippen LogP contribution in [0, 0.1) is 5.92 Å². The highest BCUT2D eigenvalue weighted by Crippen LogP contribution is 2.34. The summed E-state index contributed by atoms with van der Waals surface area (Å²) in [5, 5.41) is 3.07. The van der Waals surface area contributed by atoms with Crippen molar-refractivity contribution in [2.45, 2.75) is 26.3 Å². The molecular weight excluding hydrogens is 330 g/mol. The summed E-state index contributed by atoms with van der Waals surface area (Å²) in [5.41, 5.74) is 0.998. The van der Waals surface area contributed by atoms with Crippen LogP contribution < -0.4 is 19.5 Å². The molecule has 1 atom stereocenters. The zero-order valence-corrected chi connectivity index (χ0v) is 15.2. The number of amides is 1. The minimum Gasteiger partial charge on any atom is -0.490 e. The van der Waals surface area contributed by atoms with Gasteiger partial charge in [0.15, 0.2) is 18.1 Å². The van der Waals surface area contributed by atoms with Gasteiger partial charge in [-0.1, -0.05) is 38.1 Å². The predicted octanol–water partition coefficient (Wildman–Crippen LogP) is 3.74. The summed E-state index contributed by atoms with van der Waals surface area (Å²) in [6, 6.07) is 15.1. The van der Waals surface area contributed by atoms with Crippen LogP contribution in [0.2, 0.25) is 0 Å². The maximum absolute atomic E-state index is 12.4. The number of hydrogen-bond donors (Lipinski definition) is 1. The summed E-state index contributed by atoms with van der Waals surface area (Å²) >= 11 is 0. The van der Waals surface area contributed by atoms with Crippen LogP contribution >= 0.6 is 0 Å². The van der Waals surface area contributed by atoms with E-state index in [1.807, 2.05) is 48.5 Å². The SMILES string of the molecule is CC(C)[C@H](NC(=O)COc1ccccc1)c1ccc2c(c1)OCCCO2. The van der Waals surface area contributed by atoms with Gasteiger partial charge in [-0.25, -0.2) is 0 Å². The van der Waals surface area contributed by atoms with E-state index >= 15 is 0 Å². The van der Waals surface area contributed by atoms with Gasteiger partial charge in [-0.2, -0.15) is 0 Å². The molecule has 0 aromatic heterocycles. The van der Waals surface area contributed by atoms with E-state index in [1.165, 1.54) is 0 Å². The second-order valence-electron chi connectivity index (χ2n) is 6.65. The molecule has 1 aliphatic rings. The molecule has 138 valence electrons. The van der Waals surface area contributed by atoms with Crippen molar-refractivity contribution >= 4 is 5.91 Å². The van der Waals surface area contributed by atoms with Gasteiger partial charge in [-0.3, -0.25) is 4.79 Å². The van der Waals surface area contributed by atoms with E-state index < -0.39 is 0 Å². The Morgan fingerprint density at radius 1 is 1.08 bits per heavy atom. The Bertz CT molecular complexity index is 730. The summed E-state index contributed by atoms with van der Waals surface area (Å²) in [6.07, 6.45) is 0.866. The molecule has 26 heavy (non-hydrogen) atoms. The van der Waals surface area contributed by atoms with Crippen LogP contribution in [0.25, 0.3) is 0 Å². The molecule has 5 heteroatoms. The third-order valence-electron chi connectivity index (χ3n) is 4.23. The zero-order chi connectivity index (χ0) is 18.4. The van der Waals surface area contributed by atoms with Gasteiger partial charge in [-0.15, -0.1) is 0 Å². The van der Waals surface area contributed by atoms with Crippen molar-refractivity contribution in [2.24, 2.45) is 5.92 Å². The van der Waals surface area contributed by atoms with Crippen molar-refractivity contribution in [3.8, 4) is 17.2 Å². The van der Waals surface area contributed by atoms with Crippen molar-refractivity contribution in [3.05, 3.63) is 54.1 Å². The fourth-order valence-electron chi connectivity index (χ4n) is 2.89. The van der Waals surface area contributed by atoms with Gasteiger partial charge >= 0.3 is 0 Å². The number of ether oxygens (including phenoxy) is 3. The molecule has 2 aromatic rings. The van der Waals surface area contributed by atoms with Crippen molar-refractivity contribution in [1.29, 1.82) is 0 Å². The van der Waals surface area contributed by atoms with Crippen molar-refractivity contribution in [3.63, 3.8) is 0 Å². The fourth-order valence-corrected chi connectivity index (χ4v) is 2.89. The van der Waals surface area contributed by atoms with Crippen molar-refractivity contribution in [1.82, 2.24) is 5.32 Å². The molecule has 0 spiro atoms. The monoisotopic (exact) mass is 355 g/mol. The van der Waals surface area contributed by atoms with Gasteiger partial charge in [0.1, 0.15) is 5.75 Å². The average Bonchev–Trinajstić information content (AvgIpc) is 2.90. The summed E-state index contributed by atoms with van der Waals surface area (Å²) in [7, 11) is 0. The van der Waals surface area contributed by atoms with Crippen molar-refractivity contribution in [2.75, 3.05) is 19.8 Å². The van der Waals surface area contributed by atoms with Crippen LogP contribution in [0.5, 0.6) is 17.2 Å². The standard InChI is InChI=1S/C21H25NO4/c1-15(2)21(22-20(23)14-26-17-7-4-3-5-8-17)16-9-10-18-19(13-16)25-12-6-11-24-18/h3-5,7-10,13,15,21H,6,11-12,14H2,1-2H3,(H,22,23)/t21-/m0/s1. The Morgan fingerprint density at radius 2 is 1.81 bits per heavy atom. The first-order valence-corrected chi connectivity index (χ1v) is 9.00. The van der Waals surface area contributed by atoms with E-state index in [4.69, 9.17) is 14.2 Å². The first kappa shape index (κ1) is 18.1. The molecular formula is C21H25NO4. The highest BCUT2D eigenvalue weighted by atomic mass is 16.5. The molecule has 2 aromatic carbocycles. The molecule has 3 rings (SSSR count). The minimum absolute atomic E-state index is 0.0161. The molecule has 0 aliphatic carbocycles. The Morgan fingerprint density at radius 3 is 2.54 bits per heavy atom. The quantitative estimate of drug-likeness (QED) is 0.858. The summed E-state index contributed by atoms with van der Waals surface area (Å²) in [5.74, 6) is 2.24. The predicted molar refractivity (Wildman–Crippen MR) is 99.7 cm³/mol. The van der Waals surface area contributed by atoms with Crippen LogP contribution in [-0.2, 0) is 4.79 Å². The molecule has 0 radical (unpaired) electrons. The minimum atomic E-state index is -0.153. The molecule has 0 unspecified atom stereocenters. The molecule has 1 aliphatic heterocycles. The third-order valence-corrected chi connectivity index (χ3v) is 4.23. The lowest BCUT2D eigenvalue weighted by atomic mass is 9.95. The van der Waals surface area contributed by atoms with E-state index in [2.05, 4.69) is 19.2 Å². The molecule has 0 bridgehead atoms. The normalized spacial score (nSPS) is 14.4. The molecule has 5 nitrogen and oxygen atoms in total. The number of benzene rings is 2. The number of hydrogen-bond acceptors (Lipinski definition) is 4. The van der Waals surface area contributed by atoms with Gasteiger partial charge < -0.3 is 19.5 Å². The maximum atomic E-state index is 12.4. The van der Waals surface area contributed by atoms with Gasteiger partial charge in [0.25, 0.3) is 5.91 Å². The van der Waals surface area contributed by atoms with E-state index in [0.717, 1.165) is 23.5 Å². The van der Waals surface area contributed by atoms with Crippen LogP contribution in [0.4, 0.5) is 0 Å². The third kappa shape index (κ3) is 4.69. The summed E-state index contributed by atoms with van der Waals surface area (Å²) in [4.78, 5) is 12.4. The van der Waals surface area contributed by atoms with Gasteiger partial charge in [0.2, 0.25) is 0 Å². The van der Waals surface area contributed by atoms with Gasteiger partial charge in [0, 0.05) is 6.42 Å². The largest absolute Gasteiger partial charge is 0.490 e. The van der Waals surface area contributed by atoms with E-state index in [0.29, 0.717) is 19.0 Å². The van der Waals surface area contributed by atoms with Crippen LogP contribution in [0.3, 0.4) is 0 Å². The molecule has 1 amide bonds. The van der Waals surface area contributed by atoms with Crippen LogP contribution in [-0.4, -0.2) is 25.7 Å². The fraction of sp³-hybridized carbons (Fsp3) is 0.381. The summed E-state index contributed by atoms with van der Waals surface area (Å²) < 4.78 is 17.0. The van der Waals surface area contributed by atoms with E-state index in [9.17, 15) is 4.79 Å². The van der Waals surface area contributed by atoms with E-state index in [1.54, 1.807) is 0 Å². The average molecular weight is 355 g/mol. The summed E-state index contributed by atoms with van der Waals surface area (Å²) in [6.45, 7) is 5.43. The maximum Gasteiger partial charge on any atom is 0.258 e. The molecule has 0 saturated carbocycles. The lowest BCUT2D eigenvalue weighted by Gasteiger charge is -2.24. The lowest BCUT2D eigenvalue weighted by Crippen LogP contribution is -2.35. The Labute approximate surface area is 154 Å². The Balaban J connectivity index is 1.67. The molecule has 1 heterocycles. The van der Waals surface area contributed by atoms with Crippen LogP contribution in [0.1, 0.15) is 31.9 Å². The number of carbonyl (C=O) groups is 1. The number of nitrogens with one attached hydrogen (secondary N) is 1. The Hall–Kier alpha value is -2.69. The number of para-hydroxylation sites is 1. The molecule has 0 fully saturated rings. The highest BCUT2D eigenvalue weighted by Gasteiger charge is 2.21. The van der Waals surface area contributed by atoms with Gasteiger partial charge in [0.05, 0.1) is 19.3 Å². The van der Waals surface area contributed by atoms with Crippen molar-refractivity contribution < 1.29 is 19.0 Å². The Kier molecular flexibility index (Phi) is 6.00. The van der Waals surface area contributed by atoms with E-state index in [-0.39, 0.29) is 24.5 Å². The first-order chi connectivity index (χ1) is 12.6. The highest BCUT2D eigenvalue weighted by molar-refractivity contribution is 5.78. The molecule has 1 N–H and O–H groups in total. The number of carbonyl (C=O) groups excluding carboxylic acids is 1. The molecule has 0 saturated heterocycles. The smallest absolute Gasteiger partial charge is 0.258 e. The first-order valence-electron chi connectivity index (χ1n) is 9.00. The van der Waals surface area contributed by atoms with Gasteiger partial charge in [-0.05, 0) is 35.7 Å².